The van der Waals surface area contributed by atoms with Gasteiger partial charge in [-0.25, -0.2) is 14.4 Å². The maximum atomic E-state index is 11.4. The summed E-state index contributed by atoms with van der Waals surface area (Å²) in [6, 6.07) is 0.229. The Balaban J connectivity index is 2.36. The van der Waals surface area contributed by atoms with Gasteiger partial charge in [0.05, 0.1) is 6.54 Å². The molecule has 0 bridgehead atoms. The fourth-order valence-electron chi connectivity index (χ4n) is 1.79. The molecule has 1 saturated heterocycles. The molecule has 1 aromatic heterocycles. The first kappa shape index (κ1) is 11.9. The number of hydrogen-bond donors (Lipinski definition) is 0. The fourth-order valence-corrected chi connectivity index (χ4v) is 1.79. The van der Waals surface area contributed by atoms with E-state index in [0.717, 1.165) is 5.82 Å². The van der Waals surface area contributed by atoms with Crippen LogP contribution in [0.2, 0.25) is 0 Å². The van der Waals surface area contributed by atoms with E-state index in [2.05, 4.69) is 23.9 Å². The third-order valence-electron chi connectivity index (χ3n) is 2.65. The summed E-state index contributed by atoms with van der Waals surface area (Å²) in [4.78, 5) is 17.4. The molecule has 0 spiro atoms. The van der Waals surface area contributed by atoms with Gasteiger partial charge >= 0.3 is 6.09 Å². The first-order chi connectivity index (χ1) is 8.00. The lowest BCUT2D eigenvalue weighted by atomic mass is 10.2. The zero-order valence-electron chi connectivity index (χ0n) is 10.7. The molecule has 6 nitrogen and oxygen atoms in total. The molecule has 2 rings (SSSR count). The smallest absolute Gasteiger partial charge is 0.416 e. The topological polar surface area (TPSA) is 60.3 Å². The van der Waals surface area contributed by atoms with Gasteiger partial charge in [-0.15, -0.1) is 5.10 Å². The molecule has 0 aromatic carbocycles. The lowest BCUT2D eigenvalue weighted by Gasteiger charge is -2.10. The molecule has 0 N–H and O–H groups in total. The Hall–Kier alpha value is -1.59. The lowest BCUT2D eigenvalue weighted by molar-refractivity contribution is 0.181. The highest BCUT2D eigenvalue weighted by molar-refractivity contribution is 5.86. The minimum Gasteiger partial charge on any atom is -0.447 e. The van der Waals surface area contributed by atoms with Gasteiger partial charge in [0, 0.05) is 12.0 Å². The molecule has 0 radical (unpaired) electrons. The number of cyclic esters (lactones) is 1. The number of ether oxygens (including phenoxy) is 1. The molecular formula is C11H18N4O2. The molecule has 1 fully saturated rings. The maximum absolute atomic E-state index is 11.4. The van der Waals surface area contributed by atoms with Gasteiger partial charge in [-0.2, -0.15) is 4.98 Å². The van der Waals surface area contributed by atoms with E-state index >= 15 is 0 Å². The molecule has 1 aliphatic heterocycles. The quantitative estimate of drug-likeness (QED) is 0.807. The van der Waals surface area contributed by atoms with Crippen LogP contribution in [0.3, 0.4) is 0 Å². The van der Waals surface area contributed by atoms with E-state index in [0.29, 0.717) is 19.1 Å². The maximum Gasteiger partial charge on any atom is 0.416 e. The Morgan fingerprint density at radius 2 is 2.00 bits per heavy atom. The molecule has 0 aliphatic carbocycles. The summed E-state index contributed by atoms with van der Waals surface area (Å²) in [7, 11) is 0. The van der Waals surface area contributed by atoms with E-state index in [9.17, 15) is 4.79 Å². The van der Waals surface area contributed by atoms with Crippen LogP contribution < -0.4 is 4.90 Å². The zero-order chi connectivity index (χ0) is 12.6. The Kier molecular flexibility index (Phi) is 3.04. The molecule has 1 amide bonds. The summed E-state index contributed by atoms with van der Waals surface area (Å²) in [6.07, 6.45) is -0.360. The van der Waals surface area contributed by atoms with Crippen LogP contribution in [0.4, 0.5) is 10.7 Å². The molecule has 1 aromatic rings. The molecule has 17 heavy (non-hydrogen) atoms. The zero-order valence-corrected chi connectivity index (χ0v) is 10.7. The van der Waals surface area contributed by atoms with Crippen LogP contribution in [0.25, 0.3) is 0 Å². The number of amides is 1. The van der Waals surface area contributed by atoms with Crippen molar-refractivity contribution in [3.8, 4) is 0 Å². The number of hydrogen-bond acceptors (Lipinski definition) is 4. The Morgan fingerprint density at radius 3 is 2.41 bits per heavy atom. The highest BCUT2D eigenvalue weighted by Gasteiger charge is 2.28. The number of carbonyl (C=O) groups excluding carboxylic acids is 1. The van der Waals surface area contributed by atoms with Crippen molar-refractivity contribution in [3.63, 3.8) is 0 Å². The summed E-state index contributed by atoms with van der Waals surface area (Å²) >= 11 is 0. The molecule has 0 atom stereocenters. The molecule has 0 unspecified atom stereocenters. The fraction of sp³-hybridized carbons (Fsp3) is 0.727. The number of carbonyl (C=O) groups is 1. The molecule has 94 valence electrons. The van der Waals surface area contributed by atoms with Gasteiger partial charge in [0.2, 0.25) is 0 Å². The number of rotatable bonds is 3. The van der Waals surface area contributed by atoms with Gasteiger partial charge in [-0.05, 0) is 13.8 Å². The van der Waals surface area contributed by atoms with Crippen molar-refractivity contribution in [2.45, 2.75) is 39.7 Å². The minimum atomic E-state index is -0.360. The van der Waals surface area contributed by atoms with Gasteiger partial charge in [0.1, 0.15) is 12.4 Å². The monoisotopic (exact) mass is 238 g/mol. The van der Waals surface area contributed by atoms with Crippen molar-refractivity contribution in [1.29, 1.82) is 0 Å². The highest BCUT2D eigenvalue weighted by atomic mass is 16.6. The number of aromatic nitrogens is 3. The minimum absolute atomic E-state index is 0.229. The van der Waals surface area contributed by atoms with E-state index in [1.165, 1.54) is 4.90 Å². The van der Waals surface area contributed by atoms with Crippen LogP contribution in [0.5, 0.6) is 0 Å². The lowest BCUT2D eigenvalue weighted by Crippen LogP contribution is -2.24. The van der Waals surface area contributed by atoms with Gasteiger partial charge in [-0.3, -0.25) is 0 Å². The Labute approximate surface area is 101 Å². The number of nitrogens with zero attached hydrogens (tertiary/aromatic N) is 4. The normalized spacial score (nSPS) is 16.1. The van der Waals surface area contributed by atoms with E-state index in [1.54, 1.807) is 0 Å². The van der Waals surface area contributed by atoms with E-state index in [-0.39, 0.29) is 18.1 Å². The van der Waals surface area contributed by atoms with Gasteiger partial charge in [0.25, 0.3) is 5.95 Å². The molecule has 6 heteroatoms. The van der Waals surface area contributed by atoms with Crippen LogP contribution in [-0.4, -0.2) is 34.0 Å². The van der Waals surface area contributed by atoms with Crippen LogP contribution >= 0.6 is 0 Å². The second kappa shape index (κ2) is 4.35. The summed E-state index contributed by atoms with van der Waals surface area (Å²) < 4.78 is 6.75. The van der Waals surface area contributed by atoms with Gasteiger partial charge in [0.15, 0.2) is 0 Å². The summed E-state index contributed by atoms with van der Waals surface area (Å²) in [5.41, 5.74) is 0. The Morgan fingerprint density at radius 1 is 1.29 bits per heavy atom. The van der Waals surface area contributed by atoms with Crippen molar-refractivity contribution >= 4 is 12.0 Å². The van der Waals surface area contributed by atoms with E-state index in [1.807, 2.05) is 18.5 Å². The third kappa shape index (κ3) is 2.11. The van der Waals surface area contributed by atoms with E-state index in [4.69, 9.17) is 4.74 Å². The second-order valence-corrected chi connectivity index (χ2v) is 4.73. The van der Waals surface area contributed by atoms with E-state index < -0.39 is 0 Å². The molecular weight excluding hydrogens is 220 g/mol. The third-order valence-corrected chi connectivity index (χ3v) is 2.65. The summed E-state index contributed by atoms with van der Waals surface area (Å²) in [6.45, 7) is 9.16. The van der Waals surface area contributed by atoms with Gasteiger partial charge < -0.3 is 4.74 Å². The SMILES string of the molecule is CC(C)c1nc(N2CCOC2=O)nn1C(C)C. The van der Waals surface area contributed by atoms with Crippen LogP contribution in [0.15, 0.2) is 0 Å². The summed E-state index contributed by atoms with van der Waals surface area (Å²) in [5.74, 6) is 1.62. The molecule has 1 aliphatic rings. The molecule has 0 saturated carbocycles. The average Bonchev–Trinajstić information content (AvgIpc) is 2.82. The van der Waals surface area contributed by atoms with Gasteiger partial charge in [-0.1, -0.05) is 13.8 Å². The average molecular weight is 238 g/mol. The standard InChI is InChI=1S/C11H18N4O2/c1-7(2)9-12-10(13-15(9)8(3)4)14-5-6-17-11(14)16/h7-8H,5-6H2,1-4H3. The highest BCUT2D eigenvalue weighted by Crippen LogP contribution is 2.21. The van der Waals surface area contributed by atoms with Crippen molar-refractivity contribution < 1.29 is 9.53 Å². The Bertz CT molecular complexity index is 400. The number of anilines is 1. The van der Waals surface area contributed by atoms with Crippen LogP contribution in [0.1, 0.15) is 45.5 Å². The largest absolute Gasteiger partial charge is 0.447 e. The first-order valence-corrected chi connectivity index (χ1v) is 5.91. The van der Waals surface area contributed by atoms with Crippen LogP contribution in [0, 0.1) is 0 Å². The molecule has 2 heterocycles. The van der Waals surface area contributed by atoms with Crippen LogP contribution in [-0.2, 0) is 4.74 Å². The predicted octanol–water partition coefficient (Wildman–Crippen LogP) is 1.94. The predicted molar refractivity (Wildman–Crippen MR) is 63.2 cm³/mol. The van der Waals surface area contributed by atoms with Crippen molar-refractivity contribution in [1.82, 2.24) is 14.8 Å². The second-order valence-electron chi connectivity index (χ2n) is 4.73. The van der Waals surface area contributed by atoms with Crippen molar-refractivity contribution in [3.05, 3.63) is 5.82 Å². The van der Waals surface area contributed by atoms with Crippen molar-refractivity contribution in [2.24, 2.45) is 0 Å². The van der Waals surface area contributed by atoms with Crippen molar-refractivity contribution in [2.75, 3.05) is 18.1 Å². The summed E-state index contributed by atoms with van der Waals surface area (Å²) in [5, 5.41) is 4.39. The first-order valence-electron chi connectivity index (χ1n) is 5.91.